The molecule has 0 aromatic heterocycles. The molecule has 2 amide bonds. The van der Waals surface area contributed by atoms with E-state index < -0.39 is 17.8 Å². The number of nitrogens with zero attached hydrogens (tertiary/aromatic N) is 2. The van der Waals surface area contributed by atoms with E-state index in [4.69, 9.17) is 9.47 Å². The van der Waals surface area contributed by atoms with E-state index >= 15 is 4.39 Å². The number of amides is 2. The van der Waals surface area contributed by atoms with E-state index in [9.17, 15) is 9.59 Å². The van der Waals surface area contributed by atoms with Gasteiger partial charge in [0.1, 0.15) is 18.2 Å². The molecule has 0 spiro atoms. The number of cyclic esters (lactones) is 1. The van der Waals surface area contributed by atoms with Crippen LogP contribution in [-0.4, -0.2) is 60.2 Å². The molecule has 4 rings (SSSR count). The SMILES string of the molecule is COc1ccc([C@@H]2CN(C(C)(C)C)C[C@H]2C(=O)N2C(=O)OC[C@H]2Cc2ccccc2)c(F)c1. The highest BCUT2D eigenvalue weighted by atomic mass is 19.1. The van der Waals surface area contributed by atoms with Crippen LogP contribution in [0.5, 0.6) is 5.75 Å². The van der Waals surface area contributed by atoms with E-state index in [2.05, 4.69) is 25.7 Å². The molecule has 6 nitrogen and oxygen atoms in total. The lowest BCUT2D eigenvalue weighted by Gasteiger charge is -2.32. The van der Waals surface area contributed by atoms with Crippen LogP contribution in [0.3, 0.4) is 0 Å². The summed E-state index contributed by atoms with van der Waals surface area (Å²) in [7, 11) is 1.49. The molecule has 176 valence electrons. The van der Waals surface area contributed by atoms with Crippen molar-refractivity contribution in [3.63, 3.8) is 0 Å². The molecule has 2 saturated heterocycles. The number of imide groups is 1. The fraction of sp³-hybridized carbons (Fsp3) is 0.462. The molecule has 0 aliphatic carbocycles. The number of likely N-dealkylation sites (tertiary alicyclic amines) is 1. The van der Waals surface area contributed by atoms with Crippen LogP contribution >= 0.6 is 0 Å². The summed E-state index contributed by atoms with van der Waals surface area (Å²) >= 11 is 0. The zero-order valence-electron chi connectivity index (χ0n) is 19.6. The first-order valence-electron chi connectivity index (χ1n) is 11.3. The van der Waals surface area contributed by atoms with Crippen LogP contribution < -0.4 is 4.74 Å². The number of hydrogen-bond donors (Lipinski definition) is 0. The van der Waals surface area contributed by atoms with E-state index in [-0.39, 0.29) is 30.0 Å². The van der Waals surface area contributed by atoms with E-state index in [1.165, 1.54) is 18.1 Å². The lowest BCUT2D eigenvalue weighted by atomic mass is 9.87. The molecular formula is C26H31FN2O4. The highest BCUT2D eigenvalue weighted by Crippen LogP contribution is 2.40. The van der Waals surface area contributed by atoms with Crippen molar-refractivity contribution >= 4 is 12.0 Å². The Kier molecular flexibility index (Phi) is 6.43. The Morgan fingerprint density at radius 3 is 2.52 bits per heavy atom. The van der Waals surface area contributed by atoms with Gasteiger partial charge in [0.2, 0.25) is 5.91 Å². The van der Waals surface area contributed by atoms with Gasteiger partial charge in [0.05, 0.1) is 19.1 Å². The standard InChI is InChI=1S/C26H31FN2O4/c1-26(2,3)28-14-21(20-11-10-19(32-4)13-23(20)27)22(15-28)24(30)29-18(16-33-25(29)31)12-17-8-6-5-7-9-17/h5-11,13,18,21-22H,12,14-16H2,1-4H3/t18-,21+,22-/m1/s1. The summed E-state index contributed by atoms with van der Waals surface area (Å²) in [6.45, 7) is 7.35. The Bertz CT molecular complexity index is 1020. The Balaban J connectivity index is 1.64. The third-order valence-corrected chi connectivity index (χ3v) is 6.71. The van der Waals surface area contributed by atoms with Gasteiger partial charge in [-0.05, 0) is 44.4 Å². The van der Waals surface area contributed by atoms with E-state index in [0.717, 1.165) is 5.56 Å². The number of rotatable bonds is 5. The number of ether oxygens (including phenoxy) is 2. The summed E-state index contributed by atoms with van der Waals surface area (Å²) in [5.41, 5.74) is 1.29. The molecule has 2 heterocycles. The summed E-state index contributed by atoms with van der Waals surface area (Å²) < 4.78 is 25.5. The van der Waals surface area contributed by atoms with Gasteiger partial charge in [-0.2, -0.15) is 0 Å². The lowest BCUT2D eigenvalue weighted by molar-refractivity contribution is -0.133. The van der Waals surface area contributed by atoms with Gasteiger partial charge >= 0.3 is 6.09 Å². The van der Waals surface area contributed by atoms with Crippen LogP contribution in [0.15, 0.2) is 48.5 Å². The fourth-order valence-corrected chi connectivity index (χ4v) is 4.80. The number of methoxy groups -OCH3 is 1. The molecule has 2 fully saturated rings. The average molecular weight is 455 g/mol. The van der Waals surface area contributed by atoms with Gasteiger partial charge in [0.25, 0.3) is 0 Å². The van der Waals surface area contributed by atoms with Gasteiger partial charge in [-0.25, -0.2) is 14.1 Å². The molecule has 0 saturated carbocycles. The number of carbonyl (C=O) groups is 2. The van der Waals surface area contributed by atoms with Crippen molar-refractivity contribution in [1.82, 2.24) is 9.80 Å². The van der Waals surface area contributed by atoms with Gasteiger partial charge in [0.15, 0.2) is 0 Å². The Morgan fingerprint density at radius 1 is 1.15 bits per heavy atom. The van der Waals surface area contributed by atoms with Gasteiger partial charge in [-0.3, -0.25) is 9.69 Å². The number of carbonyl (C=O) groups excluding carboxylic acids is 2. The minimum atomic E-state index is -0.621. The molecule has 0 radical (unpaired) electrons. The third-order valence-electron chi connectivity index (χ3n) is 6.71. The van der Waals surface area contributed by atoms with Gasteiger partial charge in [0, 0.05) is 30.6 Å². The quantitative estimate of drug-likeness (QED) is 0.677. The second-order valence-electron chi connectivity index (χ2n) is 9.80. The van der Waals surface area contributed by atoms with Crippen LogP contribution in [0.25, 0.3) is 0 Å². The largest absolute Gasteiger partial charge is 0.497 e. The first-order valence-corrected chi connectivity index (χ1v) is 11.3. The summed E-state index contributed by atoms with van der Waals surface area (Å²) in [5, 5.41) is 0. The first-order chi connectivity index (χ1) is 15.7. The lowest BCUT2D eigenvalue weighted by Crippen LogP contribution is -2.46. The zero-order chi connectivity index (χ0) is 23.8. The minimum Gasteiger partial charge on any atom is -0.497 e. The fourth-order valence-electron chi connectivity index (χ4n) is 4.80. The second-order valence-corrected chi connectivity index (χ2v) is 9.80. The Morgan fingerprint density at radius 2 is 1.88 bits per heavy atom. The molecule has 7 heteroatoms. The van der Waals surface area contributed by atoms with E-state index in [1.54, 1.807) is 12.1 Å². The van der Waals surface area contributed by atoms with Crippen molar-refractivity contribution in [2.45, 2.75) is 44.7 Å². The summed E-state index contributed by atoms with van der Waals surface area (Å²) in [5.74, 6) is -1.22. The number of halogens is 1. The monoisotopic (exact) mass is 454 g/mol. The Labute approximate surface area is 194 Å². The van der Waals surface area contributed by atoms with Gasteiger partial charge < -0.3 is 9.47 Å². The molecule has 3 atom stereocenters. The third kappa shape index (κ3) is 4.74. The number of benzene rings is 2. The maximum Gasteiger partial charge on any atom is 0.416 e. The van der Waals surface area contributed by atoms with Crippen molar-refractivity contribution in [1.29, 1.82) is 0 Å². The van der Waals surface area contributed by atoms with Crippen LogP contribution in [-0.2, 0) is 16.0 Å². The van der Waals surface area contributed by atoms with Crippen molar-refractivity contribution in [2.75, 3.05) is 26.8 Å². The predicted molar refractivity (Wildman–Crippen MR) is 123 cm³/mol. The maximum absolute atomic E-state index is 15.1. The predicted octanol–water partition coefficient (Wildman–Crippen LogP) is 4.24. The molecule has 0 N–H and O–H groups in total. The molecule has 2 aromatic rings. The summed E-state index contributed by atoms with van der Waals surface area (Å²) in [4.78, 5) is 29.9. The molecular weight excluding hydrogens is 423 g/mol. The topological polar surface area (TPSA) is 59.1 Å². The molecule has 2 aromatic carbocycles. The number of hydrogen-bond acceptors (Lipinski definition) is 5. The van der Waals surface area contributed by atoms with Crippen molar-refractivity contribution in [3.8, 4) is 5.75 Å². The Hall–Kier alpha value is -2.93. The highest BCUT2D eigenvalue weighted by Gasteiger charge is 2.48. The first kappa shape index (κ1) is 23.2. The maximum atomic E-state index is 15.1. The van der Waals surface area contributed by atoms with Crippen LogP contribution in [0, 0.1) is 11.7 Å². The molecule has 0 bridgehead atoms. The normalized spacial score (nSPS) is 23.6. The molecule has 33 heavy (non-hydrogen) atoms. The van der Waals surface area contributed by atoms with Gasteiger partial charge in [-0.15, -0.1) is 0 Å². The molecule has 2 aliphatic rings. The van der Waals surface area contributed by atoms with E-state index in [1.807, 2.05) is 30.3 Å². The molecule has 0 unspecified atom stereocenters. The highest BCUT2D eigenvalue weighted by molar-refractivity contribution is 5.95. The van der Waals surface area contributed by atoms with Crippen molar-refractivity contribution in [2.24, 2.45) is 5.92 Å². The van der Waals surface area contributed by atoms with Crippen LogP contribution in [0.4, 0.5) is 9.18 Å². The minimum absolute atomic E-state index is 0.163. The smallest absolute Gasteiger partial charge is 0.416 e. The average Bonchev–Trinajstić information content (AvgIpc) is 3.38. The summed E-state index contributed by atoms with van der Waals surface area (Å²) in [6.07, 6.45) is -0.0978. The molecule has 2 aliphatic heterocycles. The van der Waals surface area contributed by atoms with Gasteiger partial charge in [-0.1, -0.05) is 36.4 Å². The van der Waals surface area contributed by atoms with Crippen molar-refractivity contribution in [3.05, 3.63) is 65.5 Å². The van der Waals surface area contributed by atoms with E-state index in [0.29, 0.717) is 30.8 Å². The second kappa shape index (κ2) is 9.14. The van der Waals surface area contributed by atoms with Crippen LogP contribution in [0.1, 0.15) is 37.8 Å². The zero-order valence-corrected chi connectivity index (χ0v) is 19.6. The van der Waals surface area contributed by atoms with Crippen LogP contribution in [0.2, 0.25) is 0 Å². The van der Waals surface area contributed by atoms with Crippen molar-refractivity contribution < 1.29 is 23.5 Å². The summed E-state index contributed by atoms with van der Waals surface area (Å²) in [6, 6.07) is 14.1.